The van der Waals surface area contributed by atoms with E-state index in [1.54, 1.807) is 0 Å². The van der Waals surface area contributed by atoms with E-state index in [4.69, 9.17) is 0 Å². The van der Waals surface area contributed by atoms with Crippen molar-refractivity contribution in [2.45, 2.75) is 23.9 Å². The Morgan fingerprint density at radius 3 is 1.71 bits per heavy atom. The van der Waals surface area contributed by atoms with Crippen molar-refractivity contribution < 1.29 is 0 Å². The third-order valence-corrected chi connectivity index (χ3v) is 10.5. The van der Waals surface area contributed by atoms with Gasteiger partial charge in [-0.05, 0) is 53.5 Å². The van der Waals surface area contributed by atoms with Crippen molar-refractivity contribution in [2.24, 2.45) is 11.8 Å². The highest BCUT2D eigenvalue weighted by molar-refractivity contribution is 6.42. The van der Waals surface area contributed by atoms with Gasteiger partial charge >= 0.3 is 0 Å². The molecule has 35 heavy (non-hydrogen) atoms. The topological polar surface area (TPSA) is 31.6 Å². The van der Waals surface area contributed by atoms with Gasteiger partial charge in [0, 0.05) is 38.1 Å². The summed E-state index contributed by atoms with van der Waals surface area (Å²) in [6.07, 6.45) is 7.69. The smallest absolute Gasteiger partial charge is 0.0578 e. The fourth-order valence-corrected chi connectivity index (χ4v) is 9.01. The van der Waals surface area contributed by atoms with Crippen molar-refractivity contribution in [3.63, 3.8) is 0 Å². The van der Waals surface area contributed by atoms with Crippen molar-refractivity contribution in [3.05, 3.63) is 108 Å². The third kappa shape index (κ3) is 2.94. The van der Waals surface area contributed by atoms with Crippen molar-refractivity contribution >= 4 is 53.1 Å². The van der Waals surface area contributed by atoms with Crippen LogP contribution in [0.5, 0.6) is 0 Å². The molecule has 2 aromatic heterocycles. The average Bonchev–Trinajstić information content (AvgIpc) is 3.68. The van der Waals surface area contributed by atoms with Crippen LogP contribution >= 0.6 is 0 Å². The molecule has 0 saturated heterocycles. The van der Waals surface area contributed by atoms with Crippen molar-refractivity contribution in [3.8, 4) is 0 Å². The first kappa shape index (κ1) is 19.7. The summed E-state index contributed by atoms with van der Waals surface area (Å²) in [7, 11) is 0.859. The molecule has 2 radical (unpaired) electrons. The number of fused-ring (bicyclic) bond motifs is 8. The Kier molecular flexibility index (Phi) is 4.20. The number of para-hydroxylation sites is 4. The molecule has 6 aromatic rings. The summed E-state index contributed by atoms with van der Waals surface area (Å²) in [6, 6.07) is 31.3. The second kappa shape index (κ2) is 7.47. The summed E-state index contributed by atoms with van der Waals surface area (Å²) in [5.41, 5.74) is 9.07. The molecule has 2 aliphatic rings. The zero-order valence-corrected chi connectivity index (χ0v) is 20.5. The SMILES string of the molecule is C1=CC2CC1CC2[Si]C(c1cccc2c1[nH]c1ccccc12)c1cccc2c1[nH]c1ccccc12. The molecule has 2 bridgehead atoms. The molecule has 4 aromatic carbocycles. The Morgan fingerprint density at radius 1 is 0.600 bits per heavy atom. The summed E-state index contributed by atoms with van der Waals surface area (Å²) in [6.45, 7) is 0. The lowest BCUT2D eigenvalue weighted by Crippen LogP contribution is -2.19. The van der Waals surface area contributed by atoms with Crippen LogP contribution < -0.4 is 0 Å². The minimum Gasteiger partial charge on any atom is -0.354 e. The van der Waals surface area contributed by atoms with Gasteiger partial charge in [0.25, 0.3) is 0 Å². The van der Waals surface area contributed by atoms with Gasteiger partial charge in [0.1, 0.15) is 0 Å². The number of aromatic nitrogens is 2. The van der Waals surface area contributed by atoms with Gasteiger partial charge in [-0.1, -0.05) is 84.9 Å². The third-order valence-electron chi connectivity index (χ3n) is 8.43. The molecule has 168 valence electrons. The van der Waals surface area contributed by atoms with Gasteiger partial charge in [-0.3, -0.25) is 0 Å². The summed E-state index contributed by atoms with van der Waals surface area (Å²) in [4.78, 5) is 7.62. The first-order valence-corrected chi connectivity index (χ1v) is 13.9. The summed E-state index contributed by atoms with van der Waals surface area (Å²) < 4.78 is 0. The number of hydrogen-bond acceptors (Lipinski definition) is 0. The minimum absolute atomic E-state index is 0.362. The number of nitrogens with one attached hydrogen (secondary N) is 2. The second-order valence-corrected chi connectivity index (χ2v) is 12.0. The van der Waals surface area contributed by atoms with E-state index in [9.17, 15) is 0 Å². The Morgan fingerprint density at radius 2 is 1.17 bits per heavy atom. The maximum absolute atomic E-state index is 3.81. The molecule has 0 amide bonds. The lowest BCUT2D eigenvalue weighted by Gasteiger charge is -2.25. The maximum atomic E-state index is 3.81. The fraction of sp³-hybridized carbons (Fsp3) is 0.188. The quantitative estimate of drug-likeness (QED) is 0.194. The fourth-order valence-electron chi connectivity index (χ4n) is 6.81. The predicted octanol–water partition coefficient (Wildman–Crippen LogP) is 8.13. The van der Waals surface area contributed by atoms with Crippen LogP contribution in [-0.2, 0) is 0 Å². The molecule has 1 saturated carbocycles. The Bertz CT molecular complexity index is 1660. The molecule has 3 atom stereocenters. The molecule has 2 aliphatic carbocycles. The molecule has 0 aliphatic heterocycles. The lowest BCUT2D eigenvalue weighted by molar-refractivity contribution is 0.685. The largest absolute Gasteiger partial charge is 0.354 e. The Hall–Kier alpha value is -3.56. The number of aromatic amines is 2. The van der Waals surface area contributed by atoms with Crippen LogP contribution in [0.25, 0.3) is 43.6 Å². The first-order valence-electron chi connectivity index (χ1n) is 12.8. The van der Waals surface area contributed by atoms with Crippen LogP contribution in [0.1, 0.15) is 29.5 Å². The van der Waals surface area contributed by atoms with E-state index in [-0.39, 0.29) is 0 Å². The molecule has 2 heterocycles. The van der Waals surface area contributed by atoms with Crippen molar-refractivity contribution in [1.82, 2.24) is 9.97 Å². The first-order chi connectivity index (χ1) is 17.3. The van der Waals surface area contributed by atoms with E-state index in [0.717, 1.165) is 26.9 Å². The zero-order valence-electron chi connectivity index (χ0n) is 19.5. The molecular weight excluding hydrogens is 440 g/mol. The zero-order chi connectivity index (χ0) is 22.9. The van der Waals surface area contributed by atoms with E-state index in [0.29, 0.717) is 5.54 Å². The number of benzene rings is 4. The van der Waals surface area contributed by atoms with Crippen molar-refractivity contribution in [1.29, 1.82) is 0 Å². The number of rotatable bonds is 4. The predicted molar refractivity (Wildman–Crippen MR) is 148 cm³/mol. The van der Waals surface area contributed by atoms with Crippen LogP contribution in [0.3, 0.4) is 0 Å². The summed E-state index contributed by atoms with van der Waals surface area (Å²) in [5.74, 6) is 1.55. The summed E-state index contributed by atoms with van der Waals surface area (Å²) in [5, 5.41) is 5.31. The minimum atomic E-state index is 0.362. The van der Waals surface area contributed by atoms with Gasteiger partial charge in [0.05, 0.1) is 20.6 Å². The lowest BCUT2D eigenvalue weighted by atomic mass is 9.99. The molecule has 2 nitrogen and oxygen atoms in total. The van der Waals surface area contributed by atoms with Gasteiger partial charge in [-0.15, -0.1) is 0 Å². The number of H-pyrrole nitrogens is 2. The van der Waals surface area contributed by atoms with Crippen LogP contribution in [-0.4, -0.2) is 19.5 Å². The highest BCUT2D eigenvalue weighted by Gasteiger charge is 2.38. The van der Waals surface area contributed by atoms with E-state index in [1.807, 2.05) is 0 Å². The molecule has 3 heteroatoms. The number of hydrogen-bond donors (Lipinski definition) is 2. The highest BCUT2D eigenvalue weighted by atomic mass is 28.2. The second-order valence-electron chi connectivity index (χ2n) is 10.4. The maximum Gasteiger partial charge on any atom is 0.0578 e. The average molecular weight is 467 g/mol. The molecule has 3 unspecified atom stereocenters. The molecule has 1 fully saturated rings. The summed E-state index contributed by atoms with van der Waals surface area (Å²) >= 11 is 0. The van der Waals surface area contributed by atoms with Gasteiger partial charge in [-0.25, -0.2) is 0 Å². The number of allylic oxidation sites excluding steroid dienone is 2. The Labute approximate surface area is 206 Å². The highest BCUT2D eigenvalue weighted by Crippen LogP contribution is 2.49. The van der Waals surface area contributed by atoms with Crippen LogP contribution in [0.2, 0.25) is 5.54 Å². The molecule has 0 spiro atoms. The molecule has 8 rings (SSSR count). The van der Waals surface area contributed by atoms with Crippen LogP contribution in [0.4, 0.5) is 0 Å². The van der Waals surface area contributed by atoms with Crippen molar-refractivity contribution in [2.75, 3.05) is 0 Å². The van der Waals surface area contributed by atoms with E-state index >= 15 is 0 Å². The van der Waals surface area contributed by atoms with Crippen LogP contribution in [0.15, 0.2) is 97.1 Å². The normalized spacial score (nSPS) is 21.5. The van der Waals surface area contributed by atoms with E-state index in [2.05, 4.69) is 107 Å². The van der Waals surface area contributed by atoms with Gasteiger partial charge in [0.2, 0.25) is 0 Å². The van der Waals surface area contributed by atoms with Gasteiger partial charge < -0.3 is 9.97 Å². The van der Waals surface area contributed by atoms with Crippen LogP contribution in [0, 0.1) is 11.8 Å². The van der Waals surface area contributed by atoms with E-state index < -0.39 is 0 Å². The Balaban J connectivity index is 1.37. The van der Waals surface area contributed by atoms with Gasteiger partial charge in [0.15, 0.2) is 0 Å². The monoisotopic (exact) mass is 466 g/mol. The standard InChI is InChI=1S/C32H26N2Si/c1-3-13-27-21(7-1)23-9-5-11-25(30(23)33-27)32(35-29-18-19-15-16-20(29)17-19)26-12-6-10-24-22-8-2-4-14-28(22)34-31(24)26/h1-16,19-20,29,32-34H,17-18H2. The van der Waals surface area contributed by atoms with Gasteiger partial charge in [-0.2, -0.15) is 0 Å². The molecular formula is C32H26N2Si. The van der Waals surface area contributed by atoms with E-state index in [1.165, 1.54) is 67.6 Å². The molecule has 2 N–H and O–H groups in total.